The molecule has 7 rings (SSSR count). The first-order chi connectivity index (χ1) is 31.0. The average Bonchev–Trinajstić information content (AvgIpc) is 3.32. The van der Waals surface area contributed by atoms with Gasteiger partial charge in [-0.2, -0.15) is 5.48 Å². The lowest BCUT2D eigenvalue weighted by atomic mass is 9.93. The topological polar surface area (TPSA) is 207 Å². The van der Waals surface area contributed by atoms with Crippen molar-refractivity contribution in [3.63, 3.8) is 0 Å². The minimum atomic E-state index is -1.34. The van der Waals surface area contributed by atoms with E-state index in [1.807, 2.05) is 36.4 Å². The third kappa shape index (κ3) is 11.0. The van der Waals surface area contributed by atoms with Crippen molar-refractivity contribution in [3.05, 3.63) is 220 Å². The lowest BCUT2D eigenvalue weighted by Gasteiger charge is -2.19. The summed E-state index contributed by atoms with van der Waals surface area (Å²) in [6, 6.07) is 44.5. The van der Waals surface area contributed by atoms with Crippen LogP contribution in [0.15, 0.2) is 170 Å². The zero-order valence-corrected chi connectivity index (χ0v) is 33.7. The van der Waals surface area contributed by atoms with Crippen molar-refractivity contribution in [1.82, 2.24) is 5.48 Å². The van der Waals surface area contributed by atoms with Crippen LogP contribution in [0.25, 0.3) is 0 Å². The van der Waals surface area contributed by atoms with Crippen molar-refractivity contribution >= 4 is 35.5 Å². The molecule has 0 fully saturated rings. The van der Waals surface area contributed by atoms with Gasteiger partial charge in [-0.1, -0.05) is 72.8 Å². The maximum atomic E-state index is 13.3. The molecule has 64 heavy (non-hydrogen) atoms. The predicted octanol–water partition coefficient (Wildman–Crippen LogP) is 9.70. The monoisotopic (exact) mass is 858 g/mol. The highest BCUT2D eigenvalue weighted by atomic mass is 16.5. The van der Waals surface area contributed by atoms with Crippen LogP contribution < -0.4 is 20.3 Å². The van der Waals surface area contributed by atoms with Crippen molar-refractivity contribution < 1.29 is 58.3 Å². The fraction of sp³-hybridized carbons (Fsp3) is 0.0600. The van der Waals surface area contributed by atoms with E-state index >= 15 is 0 Å². The molecule has 0 saturated carbocycles. The van der Waals surface area contributed by atoms with E-state index in [1.165, 1.54) is 36.4 Å². The van der Waals surface area contributed by atoms with Crippen LogP contribution in [0.5, 0.6) is 23.0 Å². The Morgan fingerprint density at radius 2 is 0.922 bits per heavy atom. The molecule has 0 aliphatic rings. The summed E-state index contributed by atoms with van der Waals surface area (Å²) in [6.45, 7) is 0.0366. The van der Waals surface area contributed by atoms with Crippen LogP contribution >= 0.6 is 0 Å². The Hall–Kier alpha value is -8.59. The van der Waals surface area contributed by atoms with Gasteiger partial charge in [0.25, 0.3) is 5.91 Å². The van der Waals surface area contributed by atoms with Gasteiger partial charge in [-0.15, -0.1) is 0 Å². The van der Waals surface area contributed by atoms with Gasteiger partial charge in [-0.25, -0.2) is 19.2 Å². The fourth-order valence-corrected chi connectivity index (χ4v) is 6.49. The van der Waals surface area contributed by atoms with Crippen molar-refractivity contribution in [2.45, 2.75) is 19.3 Å². The third-order valence-corrected chi connectivity index (χ3v) is 9.73. The first-order valence-corrected chi connectivity index (χ1v) is 19.6. The first kappa shape index (κ1) is 43.5. The number of hydroxylamine groups is 1. The SMILES string of the molecule is O=C(OCc1ccccc1)c1ccc(C(=O)O)c(C(=O)Nc2ccc(Oc3ccc(Oc4ccc(C(NO)c5cc(C(=O)OCc6ccccc6)ccc5C(=O)O)cc4)cc3)cc2)c1. The lowest BCUT2D eigenvalue weighted by Crippen LogP contribution is -2.22. The molecular weight excluding hydrogens is 821 g/mol. The molecule has 320 valence electrons. The van der Waals surface area contributed by atoms with Gasteiger partial charge in [0.1, 0.15) is 36.2 Å². The molecule has 0 bridgehead atoms. The van der Waals surface area contributed by atoms with Crippen molar-refractivity contribution in [2.24, 2.45) is 0 Å². The van der Waals surface area contributed by atoms with Crippen molar-refractivity contribution in [2.75, 3.05) is 5.32 Å². The van der Waals surface area contributed by atoms with Crippen LogP contribution in [0.2, 0.25) is 0 Å². The quantitative estimate of drug-likeness (QED) is 0.0428. The molecule has 14 nitrogen and oxygen atoms in total. The van der Waals surface area contributed by atoms with E-state index < -0.39 is 35.8 Å². The number of carbonyl (C=O) groups is 5. The average molecular weight is 859 g/mol. The number of carbonyl (C=O) groups excluding carboxylic acids is 3. The van der Waals surface area contributed by atoms with E-state index in [-0.39, 0.29) is 46.6 Å². The largest absolute Gasteiger partial charge is 0.478 e. The number of esters is 2. The highest BCUT2D eigenvalue weighted by Gasteiger charge is 2.24. The molecule has 5 N–H and O–H groups in total. The van der Waals surface area contributed by atoms with Gasteiger partial charge in [0.2, 0.25) is 0 Å². The zero-order chi connectivity index (χ0) is 45.0. The van der Waals surface area contributed by atoms with Crippen LogP contribution in [-0.2, 0) is 22.7 Å². The minimum Gasteiger partial charge on any atom is -0.478 e. The molecule has 0 radical (unpaired) electrons. The molecule has 0 spiro atoms. The van der Waals surface area contributed by atoms with Gasteiger partial charge in [0.05, 0.1) is 33.9 Å². The maximum absolute atomic E-state index is 13.3. The van der Waals surface area contributed by atoms with Crippen LogP contribution in [0.4, 0.5) is 5.69 Å². The lowest BCUT2D eigenvalue weighted by molar-refractivity contribution is 0.0463. The second-order valence-electron chi connectivity index (χ2n) is 14.1. The molecule has 0 aliphatic heterocycles. The number of rotatable bonds is 17. The van der Waals surface area contributed by atoms with Crippen LogP contribution in [0.1, 0.15) is 80.1 Å². The van der Waals surface area contributed by atoms with Gasteiger partial charge < -0.3 is 39.7 Å². The Morgan fingerprint density at radius 3 is 1.39 bits per heavy atom. The van der Waals surface area contributed by atoms with Gasteiger partial charge in [-0.05, 0) is 119 Å². The summed E-state index contributed by atoms with van der Waals surface area (Å²) < 4.78 is 22.7. The maximum Gasteiger partial charge on any atom is 0.338 e. The Bertz CT molecular complexity index is 2780. The molecule has 7 aromatic rings. The number of carboxylic acids is 2. The summed E-state index contributed by atoms with van der Waals surface area (Å²) in [7, 11) is 0. The smallest absolute Gasteiger partial charge is 0.338 e. The number of carboxylic acid groups (broad SMARTS) is 2. The number of ether oxygens (including phenoxy) is 4. The van der Waals surface area contributed by atoms with Crippen LogP contribution in [0.3, 0.4) is 0 Å². The highest BCUT2D eigenvalue weighted by molar-refractivity contribution is 6.12. The van der Waals surface area contributed by atoms with E-state index in [0.717, 1.165) is 11.1 Å². The van der Waals surface area contributed by atoms with E-state index in [4.69, 9.17) is 18.9 Å². The Balaban J connectivity index is 0.951. The van der Waals surface area contributed by atoms with Gasteiger partial charge >= 0.3 is 23.9 Å². The minimum absolute atomic E-state index is 0.00618. The molecule has 0 aromatic heterocycles. The molecule has 0 saturated heterocycles. The second-order valence-corrected chi connectivity index (χ2v) is 14.1. The number of hydrogen-bond acceptors (Lipinski definition) is 11. The van der Waals surface area contributed by atoms with Gasteiger partial charge in [0.15, 0.2) is 0 Å². The number of benzene rings is 7. The van der Waals surface area contributed by atoms with Gasteiger partial charge in [-0.3, -0.25) is 4.79 Å². The van der Waals surface area contributed by atoms with Gasteiger partial charge in [0, 0.05) is 5.69 Å². The third-order valence-electron chi connectivity index (χ3n) is 9.73. The second kappa shape index (κ2) is 20.3. The summed E-state index contributed by atoms with van der Waals surface area (Å²) in [5, 5.41) is 32.5. The zero-order valence-electron chi connectivity index (χ0n) is 33.7. The van der Waals surface area contributed by atoms with E-state index in [9.17, 15) is 39.4 Å². The molecule has 1 atom stereocenters. The Kier molecular flexibility index (Phi) is 13.8. The van der Waals surface area contributed by atoms with Crippen LogP contribution in [-0.4, -0.2) is 45.2 Å². The first-order valence-electron chi connectivity index (χ1n) is 19.6. The molecular formula is C50H38N2O12. The number of anilines is 1. The summed E-state index contributed by atoms with van der Waals surface area (Å²) in [6.07, 6.45) is 0. The number of nitrogens with one attached hydrogen (secondary N) is 2. The summed E-state index contributed by atoms with van der Waals surface area (Å²) in [5.74, 6) is -2.88. The number of hydrogen-bond donors (Lipinski definition) is 5. The fourth-order valence-electron chi connectivity index (χ4n) is 6.49. The predicted molar refractivity (Wildman–Crippen MR) is 232 cm³/mol. The normalized spacial score (nSPS) is 11.1. The molecule has 14 heteroatoms. The van der Waals surface area contributed by atoms with E-state index in [1.54, 1.807) is 97.1 Å². The Labute approximate surface area is 365 Å². The molecule has 1 amide bonds. The van der Waals surface area contributed by atoms with Crippen molar-refractivity contribution in [1.29, 1.82) is 0 Å². The number of amides is 1. The Morgan fingerprint density at radius 1 is 0.484 bits per heavy atom. The standard InChI is InChI=1S/C50H38N2O12/c53-46(44-28-35(14-26-42(44)48(56)57)50(59)62-30-32-9-5-2-6-10-32)51-36-15-19-38(20-16-36)64-40-23-21-39(22-24-40)63-37-17-11-33(12-18-37)45(52-60)43-27-34(13-25-41(43)47(54)55)49(58)61-29-31-7-3-1-4-8-31/h1-28,45,52,60H,29-30H2,(H,51,53)(H,54,55)(H,56,57). The molecule has 0 heterocycles. The van der Waals surface area contributed by atoms with Crippen LogP contribution in [0, 0.1) is 0 Å². The summed E-state index contributed by atoms with van der Waals surface area (Å²) >= 11 is 0. The highest BCUT2D eigenvalue weighted by Crippen LogP contribution is 2.31. The van der Waals surface area contributed by atoms with E-state index in [0.29, 0.717) is 34.2 Å². The number of aromatic carboxylic acids is 2. The molecule has 0 aliphatic carbocycles. The molecule has 7 aromatic carbocycles. The summed E-state index contributed by atoms with van der Waals surface area (Å²) in [5.41, 5.74) is 4.19. The summed E-state index contributed by atoms with van der Waals surface area (Å²) in [4.78, 5) is 63.0. The molecule has 1 unspecified atom stereocenters. The van der Waals surface area contributed by atoms with E-state index in [2.05, 4.69) is 10.8 Å². The van der Waals surface area contributed by atoms with Crippen molar-refractivity contribution in [3.8, 4) is 23.0 Å².